The van der Waals surface area contributed by atoms with Gasteiger partial charge in [0.05, 0.1) is 6.61 Å². The summed E-state index contributed by atoms with van der Waals surface area (Å²) in [6, 6.07) is 9.50. The molecule has 2 amide bonds. The third kappa shape index (κ3) is 6.65. The molecule has 3 heterocycles. The highest BCUT2D eigenvalue weighted by molar-refractivity contribution is 5.96. The van der Waals surface area contributed by atoms with Crippen LogP contribution in [0.4, 0.5) is 11.5 Å². The van der Waals surface area contributed by atoms with Gasteiger partial charge in [-0.15, -0.1) is 0 Å². The van der Waals surface area contributed by atoms with Crippen LogP contribution in [-0.2, 0) is 11.2 Å². The summed E-state index contributed by atoms with van der Waals surface area (Å²) in [6.07, 6.45) is 9.88. The van der Waals surface area contributed by atoms with E-state index in [1.165, 1.54) is 24.8 Å². The zero-order valence-corrected chi connectivity index (χ0v) is 22.6. The first kappa shape index (κ1) is 26.5. The molecule has 38 heavy (non-hydrogen) atoms. The predicted molar refractivity (Wildman–Crippen MR) is 150 cm³/mol. The molecule has 2 N–H and O–H groups in total. The summed E-state index contributed by atoms with van der Waals surface area (Å²) in [4.78, 5) is 34.1. The Hall–Kier alpha value is -3.13. The van der Waals surface area contributed by atoms with Crippen LogP contribution in [0.15, 0.2) is 36.5 Å². The molecule has 204 valence electrons. The van der Waals surface area contributed by atoms with E-state index in [0.29, 0.717) is 12.0 Å². The fourth-order valence-electron chi connectivity index (χ4n) is 5.89. The molecule has 1 aromatic heterocycles. The average Bonchev–Trinajstić information content (AvgIpc) is 3.43. The molecule has 8 heteroatoms. The summed E-state index contributed by atoms with van der Waals surface area (Å²) in [5.74, 6) is 2.74. The van der Waals surface area contributed by atoms with Gasteiger partial charge in [0.2, 0.25) is 5.91 Å². The number of nitrogens with zero attached hydrogens (tertiary/aromatic N) is 3. The number of fused-ring (bicyclic) bond motifs is 1. The van der Waals surface area contributed by atoms with Gasteiger partial charge >= 0.3 is 0 Å². The minimum absolute atomic E-state index is 0.00572. The molecule has 2 aromatic rings. The van der Waals surface area contributed by atoms with Crippen LogP contribution in [0.2, 0.25) is 0 Å². The largest absolute Gasteiger partial charge is 0.489 e. The lowest BCUT2D eigenvalue weighted by atomic mass is 9.84. The molecule has 0 bridgehead atoms. The summed E-state index contributed by atoms with van der Waals surface area (Å²) >= 11 is 0. The van der Waals surface area contributed by atoms with E-state index in [1.54, 1.807) is 24.3 Å². The van der Waals surface area contributed by atoms with Crippen molar-refractivity contribution in [1.29, 1.82) is 0 Å². The first-order valence-corrected chi connectivity index (χ1v) is 14.4. The van der Waals surface area contributed by atoms with E-state index in [-0.39, 0.29) is 17.9 Å². The lowest BCUT2D eigenvalue weighted by Gasteiger charge is -2.37. The molecule has 0 unspecified atom stereocenters. The quantitative estimate of drug-likeness (QED) is 0.515. The maximum absolute atomic E-state index is 12.7. The SMILES string of the molecule is CCCC(=O)Nc1ccc(C(=O)NC2CCC(CCN3CCN(c4nccc5c4OCC5)CC3)CC2)cc1. The van der Waals surface area contributed by atoms with Gasteiger partial charge in [-0.1, -0.05) is 6.92 Å². The van der Waals surface area contributed by atoms with Crippen LogP contribution in [0.1, 0.15) is 67.8 Å². The average molecular weight is 520 g/mol. The summed E-state index contributed by atoms with van der Waals surface area (Å²) in [6.45, 7) is 8.03. The van der Waals surface area contributed by atoms with Gasteiger partial charge < -0.3 is 20.3 Å². The van der Waals surface area contributed by atoms with Gasteiger partial charge in [0.1, 0.15) is 0 Å². The standard InChI is InChI=1S/C30H41N5O3/c1-2-3-27(36)32-25-10-6-24(7-11-25)30(37)33-26-8-4-22(5-9-26)13-16-34-17-19-35(20-18-34)29-28-23(12-15-31-29)14-21-38-28/h6-7,10-12,15,22,26H,2-5,8-9,13-14,16-21H2,1H3,(H,32,36)(H,33,37). The molecule has 1 aliphatic carbocycles. The minimum atomic E-state index is -0.0262. The zero-order valence-electron chi connectivity index (χ0n) is 22.6. The fourth-order valence-corrected chi connectivity index (χ4v) is 5.89. The van der Waals surface area contributed by atoms with Crippen molar-refractivity contribution in [2.75, 3.05) is 49.5 Å². The molecule has 1 saturated carbocycles. The Labute approximate surface area is 226 Å². The van der Waals surface area contributed by atoms with Gasteiger partial charge in [-0.05, 0) is 81.3 Å². The van der Waals surface area contributed by atoms with E-state index in [2.05, 4.69) is 31.5 Å². The minimum Gasteiger partial charge on any atom is -0.489 e. The first-order chi connectivity index (χ1) is 18.6. The Morgan fingerprint density at radius 2 is 1.79 bits per heavy atom. The number of hydrogen-bond acceptors (Lipinski definition) is 6. The van der Waals surface area contributed by atoms with Crippen LogP contribution in [0.3, 0.4) is 0 Å². The van der Waals surface area contributed by atoms with E-state index < -0.39 is 0 Å². The molecular weight excluding hydrogens is 478 g/mol. The number of carbonyl (C=O) groups excluding carboxylic acids is 2. The van der Waals surface area contributed by atoms with Crippen molar-refractivity contribution in [2.24, 2.45) is 5.92 Å². The summed E-state index contributed by atoms with van der Waals surface area (Å²) < 4.78 is 5.86. The van der Waals surface area contributed by atoms with Crippen molar-refractivity contribution >= 4 is 23.3 Å². The molecule has 1 saturated heterocycles. The van der Waals surface area contributed by atoms with E-state index in [9.17, 15) is 9.59 Å². The maximum atomic E-state index is 12.7. The van der Waals surface area contributed by atoms with Crippen molar-refractivity contribution in [1.82, 2.24) is 15.2 Å². The number of rotatable bonds is 9. The fraction of sp³-hybridized carbons (Fsp3) is 0.567. The first-order valence-electron chi connectivity index (χ1n) is 14.4. The van der Waals surface area contributed by atoms with Gasteiger partial charge in [-0.3, -0.25) is 14.5 Å². The number of aromatic nitrogens is 1. The number of nitrogens with one attached hydrogen (secondary N) is 2. The van der Waals surface area contributed by atoms with Crippen molar-refractivity contribution < 1.29 is 14.3 Å². The molecule has 8 nitrogen and oxygen atoms in total. The number of carbonyl (C=O) groups is 2. The predicted octanol–water partition coefficient (Wildman–Crippen LogP) is 4.26. The van der Waals surface area contributed by atoms with Crippen molar-refractivity contribution in [3.05, 3.63) is 47.7 Å². The zero-order chi connectivity index (χ0) is 26.3. The molecule has 0 atom stereocenters. The van der Waals surface area contributed by atoms with Crippen LogP contribution in [0.25, 0.3) is 0 Å². The maximum Gasteiger partial charge on any atom is 0.251 e. The number of hydrogen-bond donors (Lipinski definition) is 2. The second-order valence-electron chi connectivity index (χ2n) is 10.9. The number of pyridine rings is 1. The normalized spacial score (nSPS) is 21.4. The molecule has 5 rings (SSSR count). The van der Waals surface area contributed by atoms with Crippen LogP contribution in [0, 0.1) is 5.92 Å². The van der Waals surface area contributed by atoms with Crippen molar-refractivity contribution in [2.45, 2.75) is 64.3 Å². The van der Waals surface area contributed by atoms with E-state index >= 15 is 0 Å². The number of piperazine rings is 1. The smallest absolute Gasteiger partial charge is 0.251 e. The van der Waals surface area contributed by atoms with Crippen LogP contribution in [0.5, 0.6) is 5.75 Å². The molecule has 2 aliphatic heterocycles. The molecule has 2 fully saturated rings. The molecule has 0 spiro atoms. The number of benzene rings is 1. The van der Waals surface area contributed by atoms with Crippen LogP contribution >= 0.6 is 0 Å². The summed E-state index contributed by atoms with van der Waals surface area (Å²) in [5, 5.41) is 6.09. The Morgan fingerprint density at radius 3 is 2.53 bits per heavy atom. The second-order valence-corrected chi connectivity index (χ2v) is 10.9. The van der Waals surface area contributed by atoms with Gasteiger partial charge in [0.25, 0.3) is 5.91 Å². The Bertz CT molecular complexity index is 1090. The van der Waals surface area contributed by atoms with Crippen molar-refractivity contribution in [3.8, 4) is 5.75 Å². The highest BCUT2D eigenvalue weighted by atomic mass is 16.5. The van der Waals surface area contributed by atoms with Crippen LogP contribution in [-0.4, -0.2) is 67.1 Å². The topological polar surface area (TPSA) is 86.8 Å². The Balaban J connectivity index is 0.994. The lowest BCUT2D eigenvalue weighted by Crippen LogP contribution is -2.47. The highest BCUT2D eigenvalue weighted by Gasteiger charge is 2.26. The Morgan fingerprint density at radius 1 is 1.03 bits per heavy atom. The number of ether oxygens (including phenoxy) is 1. The van der Waals surface area contributed by atoms with Gasteiger partial charge in [0, 0.05) is 68.1 Å². The molecule has 0 radical (unpaired) electrons. The number of amides is 2. The monoisotopic (exact) mass is 519 g/mol. The van der Waals surface area contributed by atoms with Gasteiger partial charge in [-0.2, -0.15) is 0 Å². The summed E-state index contributed by atoms with van der Waals surface area (Å²) in [5.41, 5.74) is 2.66. The molecule has 3 aliphatic rings. The van der Waals surface area contributed by atoms with E-state index in [0.717, 1.165) is 88.2 Å². The van der Waals surface area contributed by atoms with Crippen molar-refractivity contribution in [3.63, 3.8) is 0 Å². The van der Waals surface area contributed by atoms with Crippen LogP contribution < -0.4 is 20.3 Å². The molecule has 1 aromatic carbocycles. The van der Waals surface area contributed by atoms with Gasteiger partial charge in [0.15, 0.2) is 11.6 Å². The Kier molecular flexibility index (Phi) is 8.79. The van der Waals surface area contributed by atoms with Gasteiger partial charge in [-0.25, -0.2) is 4.98 Å². The third-order valence-corrected chi connectivity index (χ3v) is 8.20. The summed E-state index contributed by atoms with van der Waals surface area (Å²) in [7, 11) is 0. The highest BCUT2D eigenvalue weighted by Crippen LogP contribution is 2.34. The second kappa shape index (κ2) is 12.6. The molecular formula is C30H41N5O3. The third-order valence-electron chi connectivity index (χ3n) is 8.20. The van der Waals surface area contributed by atoms with E-state index in [1.807, 2.05) is 13.1 Å². The lowest BCUT2D eigenvalue weighted by molar-refractivity contribution is -0.116. The van der Waals surface area contributed by atoms with E-state index in [4.69, 9.17) is 4.74 Å². The number of anilines is 2.